The molecule has 1 saturated carbocycles. The highest BCUT2D eigenvalue weighted by molar-refractivity contribution is 4.88. The van der Waals surface area contributed by atoms with Crippen LogP contribution in [-0.4, -0.2) is 29.1 Å². The summed E-state index contributed by atoms with van der Waals surface area (Å²) in [5, 5.41) is 2.59. The van der Waals surface area contributed by atoms with Gasteiger partial charge in [0, 0.05) is 31.5 Å². The van der Waals surface area contributed by atoms with Gasteiger partial charge in [-0.1, -0.05) is 51.0 Å². The number of hydrazine groups is 1. The second-order valence-electron chi connectivity index (χ2n) is 6.54. The summed E-state index contributed by atoms with van der Waals surface area (Å²) >= 11 is 0. The van der Waals surface area contributed by atoms with Gasteiger partial charge in [0.1, 0.15) is 0 Å². The maximum absolute atomic E-state index is 3.78. The Hall–Kier alpha value is -0.930. The molecule has 2 heterocycles. The quantitative estimate of drug-likeness (QED) is 0.824. The third kappa shape index (κ3) is 7.37. The topological polar surface area (TPSA) is 28.2 Å². The summed E-state index contributed by atoms with van der Waals surface area (Å²) < 4.78 is 0. The van der Waals surface area contributed by atoms with Crippen molar-refractivity contribution in [2.45, 2.75) is 76.7 Å². The molecule has 2 aliphatic rings. The fraction of sp³-hybridized carbons (Fsp3) is 0.737. The lowest BCUT2D eigenvalue weighted by Gasteiger charge is -2.34. The maximum atomic E-state index is 3.78. The first-order valence-corrected chi connectivity index (χ1v) is 9.32. The Morgan fingerprint density at radius 3 is 2.00 bits per heavy atom. The van der Waals surface area contributed by atoms with Gasteiger partial charge >= 0.3 is 0 Å². The van der Waals surface area contributed by atoms with Crippen molar-refractivity contribution in [2.24, 2.45) is 0 Å². The zero-order valence-electron chi connectivity index (χ0n) is 14.1. The van der Waals surface area contributed by atoms with Gasteiger partial charge in [0.05, 0.1) is 0 Å². The van der Waals surface area contributed by atoms with E-state index in [4.69, 9.17) is 0 Å². The molecule has 1 aromatic heterocycles. The third-order valence-corrected chi connectivity index (χ3v) is 4.72. The molecule has 124 valence electrons. The van der Waals surface area contributed by atoms with Crippen LogP contribution in [0.3, 0.4) is 0 Å². The molecule has 0 amide bonds. The normalized spacial score (nSPS) is 22.4. The highest BCUT2D eigenvalue weighted by Gasteiger charge is 2.19. The van der Waals surface area contributed by atoms with Gasteiger partial charge in [-0.3, -0.25) is 10.4 Å². The average molecular weight is 303 g/mol. The Morgan fingerprint density at radius 1 is 0.727 bits per heavy atom. The summed E-state index contributed by atoms with van der Waals surface area (Å²) in [6.07, 6.45) is 19.3. The molecule has 0 atom stereocenters. The molecule has 0 bridgehead atoms. The zero-order valence-corrected chi connectivity index (χ0v) is 14.1. The van der Waals surface area contributed by atoms with Crippen LogP contribution in [0.4, 0.5) is 0 Å². The number of nitrogens with one attached hydrogen (secondary N) is 1. The molecule has 0 unspecified atom stereocenters. The van der Waals surface area contributed by atoms with E-state index < -0.39 is 0 Å². The summed E-state index contributed by atoms with van der Waals surface area (Å²) in [5.74, 6) is 0. The predicted molar refractivity (Wildman–Crippen MR) is 93.5 cm³/mol. The molecule has 1 aromatic rings. The Bertz CT molecular complexity index is 292. The highest BCUT2D eigenvalue weighted by atomic mass is 15.5. The van der Waals surface area contributed by atoms with E-state index in [-0.39, 0.29) is 0 Å². The third-order valence-electron chi connectivity index (χ3n) is 4.72. The minimum Gasteiger partial charge on any atom is -0.265 e. The highest BCUT2D eigenvalue weighted by Crippen LogP contribution is 2.21. The van der Waals surface area contributed by atoms with E-state index in [1.807, 2.05) is 18.2 Å². The van der Waals surface area contributed by atoms with Gasteiger partial charge in [0.15, 0.2) is 0 Å². The van der Waals surface area contributed by atoms with Crippen molar-refractivity contribution in [1.29, 1.82) is 0 Å². The van der Waals surface area contributed by atoms with E-state index in [2.05, 4.69) is 15.4 Å². The zero-order chi connectivity index (χ0) is 15.3. The van der Waals surface area contributed by atoms with Gasteiger partial charge in [0.2, 0.25) is 0 Å². The number of aromatic nitrogens is 1. The van der Waals surface area contributed by atoms with Crippen molar-refractivity contribution in [3.8, 4) is 0 Å². The molecule has 1 N–H and O–H groups in total. The van der Waals surface area contributed by atoms with Gasteiger partial charge in [-0.25, -0.2) is 5.01 Å². The van der Waals surface area contributed by atoms with Crippen LogP contribution >= 0.6 is 0 Å². The van der Waals surface area contributed by atoms with Crippen LogP contribution in [0.5, 0.6) is 0 Å². The SMILES string of the molecule is C1CCCC(N2CCCCCCN2)CCC1.c1ccncc1. The summed E-state index contributed by atoms with van der Waals surface area (Å²) in [6, 6.07) is 6.55. The minimum atomic E-state index is 0.832. The van der Waals surface area contributed by atoms with Crippen LogP contribution in [0, 0.1) is 0 Å². The van der Waals surface area contributed by atoms with Crippen LogP contribution in [0.15, 0.2) is 30.6 Å². The van der Waals surface area contributed by atoms with Crippen molar-refractivity contribution in [3.05, 3.63) is 30.6 Å². The number of nitrogens with zero attached hydrogens (tertiary/aromatic N) is 2. The summed E-state index contributed by atoms with van der Waals surface area (Å²) in [4.78, 5) is 3.78. The van der Waals surface area contributed by atoms with Crippen molar-refractivity contribution >= 4 is 0 Å². The average Bonchev–Trinajstić information content (AvgIpc) is 2.50. The molecule has 1 aliphatic carbocycles. The van der Waals surface area contributed by atoms with Crippen molar-refractivity contribution in [2.75, 3.05) is 13.1 Å². The minimum absolute atomic E-state index is 0.832. The van der Waals surface area contributed by atoms with Crippen LogP contribution < -0.4 is 5.43 Å². The van der Waals surface area contributed by atoms with Crippen molar-refractivity contribution in [3.63, 3.8) is 0 Å². The van der Waals surface area contributed by atoms with Crippen LogP contribution in [0.2, 0.25) is 0 Å². The second kappa shape index (κ2) is 11.6. The number of rotatable bonds is 1. The summed E-state index contributed by atoms with van der Waals surface area (Å²) in [5.41, 5.74) is 3.67. The molecule has 3 heteroatoms. The molecule has 0 spiro atoms. The number of hydrogen-bond acceptors (Lipinski definition) is 3. The monoisotopic (exact) mass is 303 g/mol. The largest absolute Gasteiger partial charge is 0.265 e. The second-order valence-corrected chi connectivity index (χ2v) is 6.54. The van der Waals surface area contributed by atoms with Gasteiger partial charge < -0.3 is 0 Å². The van der Waals surface area contributed by atoms with E-state index in [0.717, 1.165) is 6.04 Å². The van der Waals surface area contributed by atoms with E-state index in [9.17, 15) is 0 Å². The molecular formula is C19H33N3. The van der Waals surface area contributed by atoms with Gasteiger partial charge in [-0.2, -0.15) is 0 Å². The van der Waals surface area contributed by atoms with Gasteiger partial charge in [-0.15, -0.1) is 0 Å². The molecule has 0 radical (unpaired) electrons. The number of hydrogen-bond donors (Lipinski definition) is 1. The first-order chi connectivity index (χ1) is 11.0. The molecule has 3 rings (SSSR count). The fourth-order valence-electron chi connectivity index (χ4n) is 3.43. The summed E-state index contributed by atoms with van der Waals surface area (Å²) in [7, 11) is 0. The standard InChI is InChI=1S/C14H28N2.C5H5N/c1-2-6-10-14(11-7-3-1)16-13-9-5-4-8-12-15-16;1-2-4-6-5-3-1/h14-15H,1-13H2;1-5H. The Kier molecular flexibility index (Phi) is 9.20. The first-order valence-electron chi connectivity index (χ1n) is 9.32. The molecule has 1 saturated heterocycles. The van der Waals surface area contributed by atoms with E-state index in [1.54, 1.807) is 12.4 Å². The fourth-order valence-corrected chi connectivity index (χ4v) is 3.43. The smallest absolute Gasteiger partial charge is 0.0267 e. The van der Waals surface area contributed by atoms with Crippen LogP contribution in [-0.2, 0) is 0 Å². The van der Waals surface area contributed by atoms with Crippen LogP contribution in [0.1, 0.15) is 70.6 Å². The Balaban J connectivity index is 0.000000246. The van der Waals surface area contributed by atoms with Crippen molar-refractivity contribution < 1.29 is 0 Å². The first kappa shape index (κ1) is 17.4. The lowest BCUT2D eigenvalue weighted by Crippen LogP contribution is -2.47. The molecule has 1 aliphatic heterocycles. The molecule has 0 aromatic carbocycles. The lowest BCUT2D eigenvalue weighted by molar-refractivity contribution is 0.0927. The lowest BCUT2D eigenvalue weighted by atomic mass is 9.96. The molecule has 2 fully saturated rings. The van der Waals surface area contributed by atoms with E-state index in [0.29, 0.717) is 0 Å². The van der Waals surface area contributed by atoms with Gasteiger partial charge in [-0.05, 0) is 37.8 Å². The van der Waals surface area contributed by atoms with E-state index >= 15 is 0 Å². The number of pyridine rings is 1. The molecular weight excluding hydrogens is 270 g/mol. The van der Waals surface area contributed by atoms with Gasteiger partial charge in [0.25, 0.3) is 0 Å². The molecule has 3 nitrogen and oxygen atoms in total. The Morgan fingerprint density at radius 2 is 1.36 bits per heavy atom. The predicted octanol–water partition coefficient (Wildman–Crippen LogP) is 4.56. The summed E-state index contributed by atoms with van der Waals surface area (Å²) in [6.45, 7) is 2.49. The Labute approximate surface area is 136 Å². The molecule has 22 heavy (non-hydrogen) atoms. The van der Waals surface area contributed by atoms with Crippen molar-refractivity contribution in [1.82, 2.24) is 15.4 Å². The van der Waals surface area contributed by atoms with Crippen LogP contribution in [0.25, 0.3) is 0 Å². The maximum Gasteiger partial charge on any atom is 0.0267 e. The van der Waals surface area contributed by atoms with E-state index in [1.165, 1.54) is 83.7 Å².